The fourth-order valence-corrected chi connectivity index (χ4v) is 3.01. The predicted octanol–water partition coefficient (Wildman–Crippen LogP) is 3.00. The molecule has 0 radical (unpaired) electrons. The van der Waals surface area contributed by atoms with Crippen molar-refractivity contribution in [1.29, 1.82) is 0 Å². The van der Waals surface area contributed by atoms with Crippen molar-refractivity contribution >= 4 is 23.2 Å². The van der Waals surface area contributed by atoms with Crippen LogP contribution in [0.4, 0.5) is 5.82 Å². The van der Waals surface area contributed by atoms with Crippen LogP contribution >= 0.6 is 11.6 Å². The quantitative estimate of drug-likeness (QED) is 0.854. The minimum atomic E-state index is 0.105. The van der Waals surface area contributed by atoms with Gasteiger partial charge in [-0.25, -0.2) is 9.97 Å². The molecule has 1 heterocycles. The third kappa shape index (κ3) is 1.79. The van der Waals surface area contributed by atoms with Gasteiger partial charge in [-0.15, -0.1) is 0 Å². The number of aromatic nitrogens is 2. The number of hydrogen-bond acceptors (Lipinski definition) is 4. The molecule has 1 saturated carbocycles. The lowest BCUT2D eigenvalue weighted by Gasteiger charge is -2.42. The maximum absolute atomic E-state index is 11.9. The molecule has 0 spiro atoms. The van der Waals surface area contributed by atoms with E-state index in [1.807, 2.05) is 0 Å². The molecular formula is C13H16ClN3O. The molecule has 0 unspecified atom stereocenters. The first-order valence-corrected chi connectivity index (χ1v) is 6.89. The van der Waals surface area contributed by atoms with Crippen LogP contribution in [0.1, 0.15) is 55.1 Å². The topological polar surface area (TPSA) is 54.9 Å². The molecule has 1 fully saturated rings. The third-order valence-corrected chi connectivity index (χ3v) is 4.36. The number of carbonyl (C=O) groups excluding carboxylic acids is 1. The van der Waals surface area contributed by atoms with Crippen molar-refractivity contribution in [3.8, 4) is 0 Å². The molecule has 0 atom stereocenters. The summed E-state index contributed by atoms with van der Waals surface area (Å²) >= 11 is 5.94. The summed E-state index contributed by atoms with van der Waals surface area (Å²) in [6, 6.07) is 0. The standard InChI is InChI=1S/C13H16ClN3O/c1-2-13(6-3-7-13)17-11-10-8(4-5-9(10)18)15-12(14)16-11/h2-7H2,1H3,(H,15,16,17). The van der Waals surface area contributed by atoms with Crippen molar-refractivity contribution in [2.45, 2.75) is 51.0 Å². The molecule has 0 aliphatic heterocycles. The van der Waals surface area contributed by atoms with Gasteiger partial charge < -0.3 is 5.32 Å². The number of Topliss-reactive ketones (excluding diaryl/α,β-unsaturated/α-hetero) is 1. The first kappa shape index (κ1) is 11.9. The van der Waals surface area contributed by atoms with Gasteiger partial charge in [-0.1, -0.05) is 6.92 Å². The van der Waals surface area contributed by atoms with Gasteiger partial charge >= 0.3 is 0 Å². The second-order valence-electron chi connectivity index (χ2n) is 5.20. The summed E-state index contributed by atoms with van der Waals surface area (Å²) < 4.78 is 0. The normalized spacial score (nSPS) is 20.4. The van der Waals surface area contributed by atoms with Crippen molar-refractivity contribution in [2.24, 2.45) is 0 Å². The highest BCUT2D eigenvalue weighted by atomic mass is 35.5. The molecule has 1 aromatic rings. The Bertz CT molecular complexity index is 506. The zero-order chi connectivity index (χ0) is 12.8. The lowest BCUT2D eigenvalue weighted by Crippen LogP contribution is -2.45. The van der Waals surface area contributed by atoms with Gasteiger partial charge in [-0.2, -0.15) is 0 Å². The Kier molecular flexibility index (Phi) is 2.77. The highest BCUT2D eigenvalue weighted by Crippen LogP contribution is 2.39. The van der Waals surface area contributed by atoms with Crippen LogP contribution in [0.3, 0.4) is 0 Å². The molecule has 1 aromatic heterocycles. The molecule has 18 heavy (non-hydrogen) atoms. The number of nitrogens with zero attached hydrogens (tertiary/aromatic N) is 2. The number of halogens is 1. The van der Waals surface area contributed by atoms with E-state index >= 15 is 0 Å². The summed E-state index contributed by atoms with van der Waals surface area (Å²) in [6.07, 6.45) is 5.75. The first-order valence-electron chi connectivity index (χ1n) is 6.51. The van der Waals surface area contributed by atoms with Gasteiger partial charge in [0, 0.05) is 12.0 Å². The van der Waals surface area contributed by atoms with Gasteiger partial charge in [0.15, 0.2) is 5.78 Å². The molecule has 0 aromatic carbocycles. The van der Waals surface area contributed by atoms with Gasteiger partial charge in [-0.05, 0) is 43.7 Å². The number of aryl methyl sites for hydroxylation is 1. The summed E-state index contributed by atoms with van der Waals surface area (Å²) in [5.74, 6) is 0.781. The second kappa shape index (κ2) is 4.19. The van der Waals surface area contributed by atoms with Crippen LogP contribution in [0.25, 0.3) is 0 Å². The minimum Gasteiger partial charge on any atom is -0.364 e. The van der Waals surface area contributed by atoms with E-state index < -0.39 is 0 Å². The molecular weight excluding hydrogens is 250 g/mol. The van der Waals surface area contributed by atoms with Crippen molar-refractivity contribution in [3.63, 3.8) is 0 Å². The highest BCUT2D eigenvalue weighted by molar-refractivity contribution is 6.28. The van der Waals surface area contributed by atoms with Gasteiger partial charge in [-0.3, -0.25) is 4.79 Å². The van der Waals surface area contributed by atoms with Gasteiger partial charge in [0.1, 0.15) is 5.82 Å². The number of rotatable bonds is 3. The first-order chi connectivity index (χ1) is 8.63. The highest BCUT2D eigenvalue weighted by Gasteiger charge is 2.37. The van der Waals surface area contributed by atoms with Crippen LogP contribution in [0.2, 0.25) is 5.28 Å². The summed E-state index contributed by atoms with van der Waals surface area (Å²) in [5.41, 5.74) is 1.57. The zero-order valence-corrected chi connectivity index (χ0v) is 11.2. The van der Waals surface area contributed by atoms with Crippen molar-refractivity contribution in [3.05, 3.63) is 16.5 Å². The van der Waals surface area contributed by atoms with Crippen LogP contribution in [0, 0.1) is 0 Å². The molecule has 0 saturated heterocycles. The summed E-state index contributed by atoms with van der Waals surface area (Å²) in [7, 11) is 0. The fourth-order valence-electron chi connectivity index (χ4n) is 2.82. The maximum Gasteiger partial charge on any atom is 0.224 e. The molecule has 3 rings (SSSR count). The molecule has 2 aliphatic rings. The lowest BCUT2D eigenvalue weighted by atomic mass is 9.75. The second-order valence-corrected chi connectivity index (χ2v) is 5.54. The van der Waals surface area contributed by atoms with E-state index in [9.17, 15) is 4.79 Å². The van der Waals surface area contributed by atoms with E-state index in [1.165, 1.54) is 6.42 Å². The Hall–Kier alpha value is -1.16. The Labute approximate surface area is 111 Å². The van der Waals surface area contributed by atoms with E-state index in [0.29, 0.717) is 24.2 Å². The van der Waals surface area contributed by atoms with E-state index in [1.54, 1.807) is 0 Å². The maximum atomic E-state index is 11.9. The summed E-state index contributed by atoms with van der Waals surface area (Å²) in [4.78, 5) is 20.3. The summed E-state index contributed by atoms with van der Waals surface area (Å²) in [5, 5.41) is 3.69. The molecule has 1 N–H and O–H groups in total. The molecule has 5 heteroatoms. The van der Waals surface area contributed by atoms with Crippen LogP contribution < -0.4 is 5.32 Å². The molecule has 2 aliphatic carbocycles. The number of anilines is 1. The third-order valence-electron chi connectivity index (χ3n) is 4.20. The van der Waals surface area contributed by atoms with Gasteiger partial charge in [0.05, 0.1) is 11.3 Å². The van der Waals surface area contributed by atoms with E-state index in [0.717, 1.165) is 25.0 Å². The van der Waals surface area contributed by atoms with E-state index in [4.69, 9.17) is 11.6 Å². The van der Waals surface area contributed by atoms with E-state index in [2.05, 4.69) is 22.2 Å². The van der Waals surface area contributed by atoms with Crippen molar-refractivity contribution in [1.82, 2.24) is 9.97 Å². The van der Waals surface area contributed by atoms with Crippen molar-refractivity contribution < 1.29 is 4.79 Å². The SMILES string of the molecule is CCC1(Nc2nc(Cl)nc3c2C(=O)CC3)CCC1. The lowest BCUT2D eigenvalue weighted by molar-refractivity contribution is 0.0995. The molecule has 4 nitrogen and oxygen atoms in total. The largest absolute Gasteiger partial charge is 0.364 e. The Morgan fingerprint density at radius 2 is 2.11 bits per heavy atom. The Morgan fingerprint density at radius 1 is 1.33 bits per heavy atom. The average Bonchev–Trinajstić information content (AvgIpc) is 2.65. The monoisotopic (exact) mass is 265 g/mol. The van der Waals surface area contributed by atoms with Crippen molar-refractivity contribution in [2.75, 3.05) is 5.32 Å². The number of fused-ring (bicyclic) bond motifs is 1. The number of nitrogens with one attached hydrogen (secondary N) is 1. The van der Waals surface area contributed by atoms with Crippen LogP contribution in [0.15, 0.2) is 0 Å². The van der Waals surface area contributed by atoms with Gasteiger partial charge in [0.25, 0.3) is 0 Å². The summed E-state index contributed by atoms with van der Waals surface area (Å²) in [6.45, 7) is 2.16. The molecule has 0 bridgehead atoms. The van der Waals surface area contributed by atoms with Crippen LogP contribution in [0.5, 0.6) is 0 Å². The zero-order valence-electron chi connectivity index (χ0n) is 10.4. The van der Waals surface area contributed by atoms with Gasteiger partial charge in [0.2, 0.25) is 5.28 Å². The Balaban J connectivity index is 1.99. The fraction of sp³-hybridized carbons (Fsp3) is 0.615. The molecule has 0 amide bonds. The van der Waals surface area contributed by atoms with Crippen LogP contribution in [-0.2, 0) is 6.42 Å². The number of ketones is 1. The predicted molar refractivity (Wildman–Crippen MR) is 70.2 cm³/mol. The molecule has 96 valence electrons. The van der Waals surface area contributed by atoms with E-state index in [-0.39, 0.29) is 16.6 Å². The number of carbonyl (C=O) groups is 1. The number of hydrogen-bond donors (Lipinski definition) is 1. The Morgan fingerprint density at radius 3 is 2.72 bits per heavy atom. The average molecular weight is 266 g/mol. The smallest absolute Gasteiger partial charge is 0.224 e. The minimum absolute atomic E-state index is 0.105. The van der Waals surface area contributed by atoms with Crippen LogP contribution in [-0.4, -0.2) is 21.3 Å².